The summed E-state index contributed by atoms with van der Waals surface area (Å²) in [6.07, 6.45) is 6.11. The first-order valence-corrected chi connectivity index (χ1v) is 7.61. The molecule has 0 saturated carbocycles. The molecular weight excluding hydrogens is 290 g/mol. The Morgan fingerprint density at radius 3 is 3.06 bits per heavy atom. The molecule has 0 amide bonds. The van der Waals surface area contributed by atoms with Gasteiger partial charge in [-0.15, -0.1) is 0 Å². The summed E-state index contributed by atoms with van der Waals surface area (Å²) in [6.45, 7) is 2.00. The Morgan fingerprint density at radius 1 is 1.33 bits per heavy atom. The van der Waals surface area contributed by atoms with Crippen LogP contribution in [0.25, 0.3) is 0 Å². The topological polar surface area (TPSA) is 21.3 Å². The highest BCUT2D eigenvalue weighted by atomic mass is 79.9. The molecule has 0 aliphatic heterocycles. The first-order valence-electron chi connectivity index (χ1n) is 6.82. The Labute approximate surface area is 118 Å². The highest BCUT2D eigenvalue weighted by Crippen LogP contribution is 2.32. The molecule has 1 aliphatic rings. The second-order valence-corrected chi connectivity index (χ2v) is 5.86. The van der Waals surface area contributed by atoms with E-state index in [0.29, 0.717) is 6.04 Å². The Kier molecular flexibility index (Phi) is 5.67. The molecule has 1 aromatic rings. The Balaban J connectivity index is 1.73. The number of hydrogen-bond acceptors (Lipinski definition) is 2. The first kappa shape index (κ1) is 14.0. The minimum absolute atomic E-state index is 0.565. The van der Waals surface area contributed by atoms with E-state index in [2.05, 4.69) is 39.4 Å². The number of hydrogen-bond donors (Lipinski definition) is 1. The second-order valence-electron chi connectivity index (χ2n) is 4.94. The number of ether oxygens (including phenoxy) is 1. The number of benzene rings is 1. The summed E-state index contributed by atoms with van der Waals surface area (Å²) in [4.78, 5) is 0. The maximum atomic E-state index is 5.05. The van der Waals surface area contributed by atoms with Crippen LogP contribution in [0, 0.1) is 0 Å². The molecule has 0 heterocycles. The van der Waals surface area contributed by atoms with E-state index < -0.39 is 0 Å². The van der Waals surface area contributed by atoms with Crippen molar-refractivity contribution in [3.05, 3.63) is 33.8 Å². The molecule has 0 saturated heterocycles. The monoisotopic (exact) mass is 311 g/mol. The van der Waals surface area contributed by atoms with Gasteiger partial charge >= 0.3 is 0 Å². The molecule has 2 rings (SSSR count). The van der Waals surface area contributed by atoms with Gasteiger partial charge in [0.1, 0.15) is 0 Å². The van der Waals surface area contributed by atoms with Crippen molar-refractivity contribution in [3.8, 4) is 0 Å². The molecule has 1 unspecified atom stereocenters. The second kappa shape index (κ2) is 7.27. The summed E-state index contributed by atoms with van der Waals surface area (Å²) >= 11 is 3.54. The molecule has 2 nitrogen and oxygen atoms in total. The van der Waals surface area contributed by atoms with Gasteiger partial charge in [-0.1, -0.05) is 22.0 Å². The standard InChI is InChI=1S/C15H22BrNO/c1-18-10-4-2-3-9-17-15-8-5-12-11-13(16)6-7-14(12)15/h6-7,11,15,17H,2-5,8-10H2,1H3. The van der Waals surface area contributed by atoms with Crippen LogP contribution in [0.4, 0.5) is 0 Å². The van der Waals surface area contributed by atoms with Crippen LogP contribution in [-0.2, 0) is 11.2 Å². The quantitative estimate of drug-likeness (QED) is 0.772. The smallest absolute Gasteiger partial charge is 0.0462 e. The number of fused-ring (bicyclic) bond motifs is 1. The van der Waals surface area contributed by atoms with E-state index in [0.717, 1.165) is 13.2 Å². The zero-order valence-electron chi connectivity index (χ0n) is 11.0. The van der Waals surface area contributed by atoms with E-state index >= 15 is 0 Å². The normalized spacial score (nSPS) is 18.0. The third-order valence-electron chi connectivity index (χ3n) is 3.60. The van der Waals surface area contributed by atoms with Crippen molar-refractivity contribution < 1.29 is 4.74 Å². The first-order chi connectivity index (χ1) is 8.81. The summed E-state index contributed by atoms with van der Waals surface area (Å²) in [6, 6.07) is 7.23. The van der Waals surface area contributed by atoms with Crippen molar-refractivity contribution in [2.24, 2.45) is 0 Å². The summed E-state index contributed by atoms with van der Waals surface area (Å²) in [5, 5.41) is 3.68. The largest absolute Gasteiger partial charge is 0.385 e. The van der Waals surface area contributed by atoms with Crippen LogP contribution in [0.3, 0.4) is 0 Å². The average molecular weight is 312 g/mol. The number of rotatable bonds is 7. The molecule has 0 radical (unpaired) electrons. The fourth-order valence-corrected chi connectivity index (χ4v) is 3.03. The lowest BCUT2D eigenvalue weighted by Gasteiger charge is -2.14. The highest BCUT2D eigenvalue weighted by Gasteiger charge is 2.21. The van der Waals surface area contributed by atoms with Crippen LogP contribution in [0.1, 0.15) is 42.9 Å². The molecule has 0 aromatic heterocycles. The highest BCUT2D eigenvalue weighted by molar-refractivity contribution is 9.10. The maximum absolute atomic E-state index is 5.05. The van der Waals surface area contributed by atoms with Crippen LogP contribution >= 0.6 is 15.9 Å². The molecule has 100 valence electrons. The lowest BCUT2D eigenvalue weighted by molar-refractivity contribution is 0.192. The zero-order chi connectivity index (χ0) is 12.8. The van der Waals surface area contributed by atoms with Gasteiger partial charge in [0.2, 0.25) is 0 Å². The van der Waals surface area contributed by atoms with Gasteiger partial charge in [-0.25, -0.2) is 0 Å². The van der Waals surface area contributed by atoms with E-state index in [1.54, 1.807) is 7.11 Å². The molecule has 0 bridgehead atoms. The van der Waals surface area contributed by atoms with Crippen LogP contribution in [-0.4, -0.2) is 20.3 Å². The van der Waals surface area contributed by atoms with Crippen molar-refractivity contribution in [1.29, 1.82) is 0 Å². The Morgan fingerprint density at radius 2 is 2.22 bits per heavy atom. The minimum atomic E-state index is 0.565. The van der Waals surface area contributed by atoms with Gasteiger partial charge < -0.3 is 10.1 Å². The molecule has 1 aliphatic carbocycles. The van der Waals surface area contributed by atoms with Crippen molar-refractivity contribution in [3.63, 3.8) is 0 Å². The fourth-order valence-electron chi connectivity index (χ4n) is 2.62. The van der Waals surface area contributed by atoms with Crippen LogP contribution in [0.5, 0.6) is 0 Å². The summed E-state index contributed by atoms with van der Waals surface area (Å²) in [5.41, 5.74) is 3.00. The van der Waals surface area contributed by atoms with Gasteiger partial charge in [0.15, 0.2) is 0 Å². The van der Waals surface area contributed by atoms with Crippen LogP contribution < -0.4 is 5.32 Å². The number of halogens is 1. The molecule has 18 heavy (non-hydrogen) atoms. The minimum Gasteiger partial charge on any atom is -0.385 e. The fraction of sp³-hybridized carbons (Fsp3) is 0.600. The predicted molar refractivity (Wildman–Crippen MR) is 78.9 cm³/mol. The van der Waals surface area contributed by atoms with Gasteiger partial charge in [-0.3, -0.25) is 0 Å². The molecule has 1 N–H and O–H groups in total. The van der Waals surface area contributed by atoms with Crippen LogP contribution in [0.2, 0.25) is 0 Å². The Hall–Kier alpha value is -0.380. The van der Waals surface area contributed by atoms with Crippen molar-refractivity contribution in [2.75, 3.05) is 20.3 Å². The molecule has 1 atom stereocenters. The van der Waals surface area contributed by atoms with Gasteiger partial charge in [0, 0.05) is 24.2 Å². The predicted octanol–water partition coefficient (Wildman–Crippen LogP) is 3.84. The van der Waals surface area contributed by atoms with E-state index in [4.69, 9.17) is 4.74 Å². The van der Waals surface area contributed by atoms with Crippen LogP contribution in [0.15, 0.2) is 22.7 Å². The molecule has 0 fully saturated rings. The molecule has 1 aromatic carbocycles. The summed E-state index contributed by atoms with van der Waals surface area (Å²) < 4.78 is 6.25. The summed E-state index contributed by atoms with van der Waals surface area (Å²) in [7, 11) is 1.77. The number of nitrogens with one attached hydrogen (secondary N) is 1. The number of methoxy groups -OCH3 is 1. The SMILES string of the molecule is COCCCCCNC1CCc2cc(Br)ccc21. The van der Waals surface area contributed by atoms with Crippen molar-refractivity contribution >= 4 is 15.9 Å². The third-order valence-corrected chi connectivity index (χ3v) is 4.09. The lowest BCUT2D eigenvalue weighted by Crippen LogP contribution is -2.20. The van der Waals surface area contributed by atoms with Crippen molar-refractivity contribution in [2.45, 2.75) is 38.1 Å². The third kappa shape index (κ3) is 3.81. The lowest BCUT2D eigenvalue weighted by atomic mass is 10.1. The molecular formula is C15H22BrNO. The average Bonchev–Trinajstić information content (AvgIpc) is 2.76. The van der Waals surface area contributed by atoms with Gasteiger partial charge in [0.05, 0.1) is 0 Å². The van der Waals surface area contributed by atoms with E-state index in [9.17, 15) is 0 Å². The van der Waals surface area contributed by atoms with Gasteiger partial charge in [-0.05, 0) is 61.9 Å². The summed E-state index contributed by atoms with van der Waals surface area (Å²) in [5.74, 6) is 0. The van der Waals surface area contributed by atoms with E-state index in [-0.39, 0.29) is 0 Å². The number of aryl methyl sites for hydroxylation is 1. The van der Waals surface area contributed by atoms with E-state index in [1.165, 1.54) is 47.7 Å². The Bertz CT molecular complexity index is 381. The van der Waals surface area contributed by atoms with Crippen molar-refractivity contribution in [1.82, 2.24) is 5.32 Å². The maximum Gasteiger partial charge on any atom is 0.0462 e. The number of unbranched alkanes of at least 4 members (excludes halogenated alkanes) is 2. The molecule has 0 spiro atoms. The van der Waals surface area contributed by atoms with E-state index in [1.807, 2.05) is 0 Å². The van der Waals surface area contributed by atoms with Gasteiger partial charge in [-0.2, -0.15) is 0 Å². The van der Waals surface area contributed by atoms with Gasteiger partial charge in [0.25, 0.3) is 0 Å². The molecule has 3 heteroatoms. The zero-order valence-corrected chi connectivity index (χ0v) is 12.6.